The van der Waals surface area contributed by atoms with E-state index in [1.807, 2.05) is 11.8 Å². The molecule has 0 aromatic carbocycles. The minimum absolute atomic E-state index is 0.0855. The zero-order chi connectivity index (χ0) is 20.5. The van der Waals surface area contributed by atoms with Gasteiger partial charge in [0.1, 0.15) is 5.54 Å². The number of piperidine rings is 1. The van der Waals surface area contributed by atoms with Crippen LogP contribution in [-0.4, -0.2) is 78.9 Å². The summed E-state index contributed by atoms with van der Waals surface area (Å²) in [4.78, 5) is 17.7. The third-order valence-electron chi connectivity index (χ3n) is 7.46. The summed E-state index contributed by atoms with van der Waals surface area (Å²) in [6, 6.07) is 0. The SMILES string of the molecule is CCOC1CC(N)(C(=O)N2CCC(CCN3CC(C)OC(C)C3)CC2)C1(C)C. The first-order valence-corrected chi connectivity index (χ1v) is 11.2. The van der Waals surface area contributed by atoms with Crippen LogP contribution in [0.3, 0.4) is 0 Å². The Balaban J connectivity index is 1.44. The van der Waals surface area contributed by atoms with E-state index in [0.717, 1.165) is 45.6 Å². The van der Waals surface area contributed by atoms with Crippen molar-refractivity contribution >= 4 is 5.91 Å². The molecule has 4 unspecified atom stereocenters. The molecular weight excluding hydrogens is 354 g/mol. The summed E-state index contributed by atoms with van der Waals surface area (Å²) in [6.07, 6.45) is 4.78. The van der Waals surface area contributed by atoms with Crippen LogP contribution in [0.15, 0.2) is 0 Å². The Morgan fingerprint density at radius 2 is 1.79 bits per heavy atom. The molecule has 0 radical (unpaired) electrons. The molecule has 0 bridgehead atoms. The number of nitrogens with two attached hydrogens (primary N) is 1. The Morgan fingerprint density at radius 3 is 2.32 bits per heavy atom. The van der Waals surface area contributed by atoms with Gasteiger partial charge in [0.25, 0.3) is 0 Å². The molecule has 6 nitrogen and oxygen atoms in total. The summed E-state index contributed by atoms with van der Waals surface area (Å²) in [5.41, 5.74) is 5.52. The zero-order valence-corrected chi connectivity index (χ0v) is 18.6. The third-order valence-corrected chi connectivity index (χ3v) is 7.46. The van der Waals surface area contributed by atoms with Gasteiger partial charge in [0.05, 0.1) is 18.3 Å². The van der Waals surface area contributed by atoms with Gasteiger partial charge in [-0.05, 0) is 52.5 Å². The fraction of sp³-hybridized carbons (Fsp3) is 0.955. The van der Waals surface area contributed by atoms with Crippen LogP contribution >= 0.6 is 0 Å². The lowest BCUT2D eigenvalue weighted by Crippen LogP contribution is -2.76. The van der Waals surface area contributed by atoms with Crippen molar-refractivity contribution in [1.29, 1.82) is 0 Å². The third kappa shape index (κ3) is 4.25. The summed E-state index contributed by atoms with van der Waals surface area (Å²) in [6.45, 7) is 16.0. The average Bonchev–Trinajstić information content (AvgIpc) is 2.65. The maximum Gasteiger partial charge on any atom is 0.243 e. The Morgan fingerprint density at radius 1 is 1.18 bits per heavy atom. The van der Waals surface area contributed by atoms with Gasteiger partial charge >= 0.3 is 0 Å². The van der Waals surface area contributed by atoms with Crippen LogP contribution < -0.4 is 5.73 Å². The highest BCUT2D eigenvalue weighted by Crippen LogP contribution is 2.50. The number of likely N-dealkylation sites (tertiary alicyclic amines) is 1. The summed E-state index contributed by atoms with van der Waals surface area (Å²) in [5, 5.41) is 0. The first kappa shape index (κ1) is 22.0. The minimum Gasteiger partial charge on any atom is -0.378 e. The van der Waals surface area contributed by atoms with Crippen molar-refractivity contribution in [2.75, 3.05) is 39.3 Å². The minimum atomic E-state index is -0.778. The average molecular weight is 396 g/mol. The molecule has 1 amide bonds. The van der Waals surface area contributed by atoms with E-state index in [0.29, 0.717) is 31.2 Å². The highest BCUT2D eigenvalue weighted by molar-refractivity contribution is 5.89. The fourth-order valence-electron chi connectivity index (χ4n) is 5.34. The van der Waals surface area contributed by atoms with E-state index in [1.165, 1.54) is 6.42 Å². The predicted molar refractivity (Wildman–Crippen MR) is 111 cm³/mol. The molecule has 2 aliphatic heterocycles. The molecule has 4 atom stereocenters. The molecule has 3 rings (SSSR count). The van der Waals surface area contributed by atoms with Crippen molar-refractivity contribution in [3.8, 4) is 0 Å². The van der Waals surface area contributed by atoms with Crippen LogP contribution in [0.4, 0.5) is 0 Å². The molecule has 3 fully saturated rings. The largest absolute Gasteiger partial charge is 0.378 e. The van der Waals surface area contributed by atoms with Gasteiger partial charge in [-0.1, -0.05) is 13.8 Å². The maximum atomic E-state index is 13.2. The second kappa shape index (κ2) is 8.58. The molecule has 162 valence electrons. The first-order chi connectivity index (χ1) is 13.2. The van der Waals surface area contributed by atoms with Gasteiger partial charge in [0.15, 0.2) is 0 Å². The number of amides is 1. The summed E-state index contributed by atoms with van der Waals surface area (Å²) in [7, 11) is 0. The lowest BCUT2D eigenvalue weighted by Gasteiger charge is -2.59. The number of nitrogens with zero attached hydrogens (tertiary/aromatic N) is 2. The fourth-order valence-corrected chi connectivity index (χ4v) is 5.34. The molecule has 28 heavy (non-hydrogen) atoms. The van der Waals surface area contributed by atoms with Crippen molar-refractivity contribution < 1.29 is 14.3 Å². The topological polar surface area (TPSA) is 68.0 Å². The standard InChI is InChI=1S/C22H41N3O3/c1-6-27-19-13-22(23,21(19,4)5)20(26)25-11-8-18(9-12-25)7-10-24-14-16(2)28-17(3)15-24/h16-19H,6-15,23H2,1-5H3. The highest BCUT2D eigenvalue weighted by Gasteiger charge is 2.63. The summed E-state index contributed by atoms with van der Waals surface area (Å²) < 4.78 is 11.6. The van der Waals surface area contributed by atoms with E-state index in [9.17, 15) is 4.79 Å². The van der Waals surface area contributed by atoms with Gasteiger partial charge in [0.2, 0.25) is 5.91 Å². The van der Waals surface area contributed by atoms with Crippen LogP contribution in [0.25, 0.3) is 0 Å². The van der Waals surface area contributed by atoms with E-state index >= 15 is 0 Å². The van der Waals surface area contributed by atoms with Gasteiger partial charge in [-0.3, -0.25) is 9.69 Å². The molecule has 0 spiro atoms. The molecule has 1 saturated carbocycles. The normalized spacial score (nSPS) is 36.9. The second-order valence-corrected chi connectivity index (χ2v) is 9.88. The summed E-state index contributed by atoms with van der Waals surface area (Å²) in [5.74, 6) is 0.833. The smallest absolute Gasteiger partial charge is 0.243 e. The number of rotatable bonds is 6. The van der Waals surface area contributed by atoms with E-state index in [1.54, 1.807) is 0 Å². The monoisotopic (exact) mass is 395 g/mol. The summed E-state index contributed by atoms with van der Waals surface area (Å²) >= 11 is 0. The van der Waals surface area contributed by atoms with Gasteiger partial charge in [-0.15, -0.1) is 0 Å². The van der Waals surface area contributed by atoms with Crippen LogP contribution in [0.2, 0.25) is 0 Å². The maximum absolute atomic E-state index is 13.2. The van der Waals surface area contributed by atoms with Crippen LogP contribution in [0.5, 0.6) is 0 Å². The Hall–Kier alpha value is -0.690. The van der Waals surface area contributed by atoms with Crippen molar-refractivity contribution in [3.05, 3.63) is 0 Å². The van der Waals surface area contributed by atoms with Crippen molar-refractivity contribution in [2.24, 2.45) is 17.1 Å². The van der Waals surface area contributed by atoms with Gasteiger partial charge in [-0.25, -0.2) is 0 Å². The molecule has 2 heterocycles. The highest BCUT2D eigenvalue weighted by atomic mass is 16.5. The van der Waals surface area contributed by atoms with Crippen molar-refractivity contribution in [3.63, 3.8) is 0 Å². The lowest BCUT2D eigenvalue weighted by molar-refractivity contribution is -0.180. The van der Waals surface area contributed by atoms with Crippen LogP contribution in [0.1, 0.15) is 60.3 Å². The van der Waals surface area contributed by atoms with Crippen molar-refractivity contribution in [1.82, 2.24) is 9.80 Å². The number of ether oxygens (including phenoxy) is 2. The second-order valence-electron chi connectivity index (χ2n) is 9.88. The van der Waals surface area contributed by atoms with E-state index in [4.69, 9.17) is 15.2 Å². The lowest BCUT2D eigenvalue weighted by atomic mass is 9.54. The quantitative estimate of drug-likeness (QED) is 0.747. The molecule has 2 saturated heterocycles. The number of carbonyl (C=O) groups excluding carboxylic acids is 1. The molecule has 1 aliphatic carbocycles. The molecule has 6 heteroatoms. The molecule has 0 aromatic rings. The van der Waals surface area contributed by atoms with Crippen molar-refractivity contribution in [2.45, 2.75) is 84.2 Å². The van der Waals surface area contributed by atoms with Gasteiger partial charge in [-0.2, -0.15) is 0 Å². The molecule has 2 N–H and O–H groups in total. The number of hydrogen-bond acceptors (Lipinski definition) is 5. The molecule has 3 aliphatic rings. The predicted octanol–water partition coefficient (Wildman–Crippen LogP) is 2.26. The van der Waals surface area contributed by atoms with Crippen LogP contribution in [0, 0.1) is 11.3 Å². The number of hydrogen-bond donors (Lipinski definition) is 1. The Bertz CT molecular complexity index is 537. The Kier molecular flexibility index (Phi) is 6.75. The van der Waals surface area contributed by atoms with Gasteiger partial charge < -0.3 is 20.1 Å². The van der Waals surface area contributed by atoms with E-state index in [-0.39, 0.29) is 17.4 Å². The zero-order valence-electron chi connectivity index (χ0n) is 18.6. The first-order valence-electron chi connectivity index (χ1n) is 11.2. The van der Waals surface area contributed by atoms with E-state index in [2.05, 4.69) is 32.6 Å². The number of carbonyl (C=O) groups is 1. The molecular formula is C22H41N3O3. The van der Waals surface area contributed by atoms with Gasteiger partial charge in [0, 0.05) is 44.6 Å². The van der Waals surface area contributed by atoms with Crippen LogP contribution in [-0.2, 0) is 14.3 Å². The molecule has 0 aromatic heterocycles. The Labute approximate surface area is 171 Å². The number of morpholine rings is 1. The van der Waals surface area contributed by atoms with E-state index < -0.39 is 5.54 Å².